The molecule has 6 nitrogen and oxygen atoms in total. The van der Waals surface area contributed by atoms with Gasteiger partial charge in [0.2, 0.25) is 0 Å². The zero-order valence-electron chi connectivity index (χ0n) is 13.0. The molecule has 7 heteroatoms. The van der Waals surface area contributed by atoms with Gasteiger partial charge in [0, 0.05) is 6.04 Å². The summed E-state index contributed by atoms with van der Waals surface area (Å²) in [5.41, 5.74) is 0.849. The Balaban J connectivity index is 1.82. The van der Waals surface area contributed by atoms with Gasteiger partial charge in [-0.3, -0.25) is 9.59 Å². The monoisotopic (exact) mass is 339 g/mol. The molecule has 1 N–H and O–H groups in total. The summed E-state index contributed by atoms with van der Waals surface area (Å²) < 4.78 is 27.7. The quantitative estimate of drug-likeness (QED) is 0.782. The van der Waals surface area contributed by atoms with Gasteiger partial charge in [0.25, 0.3) is 5.91 Å². The zero-order valence-corrected chi connectivity index (χ0v) is 13.8. The Morgan fingerprint density at radius 3 is 2.57 bits per heavy atom. The lowest BCUT2D eigenvalue weighted by molar-refractivity contribution is -0.150. The summed E-state index contributed by atoms with van der Waals surface area (Å²) in [5.74, 6) is -1.29. The summed E-state index contributed by atoms with van der Waals surface area (Å²) in [6, 6.07) is 8.86. The highest BCUT2D eigenvalue weighted by Crippen LogP contribution is 2.20. The minimum Gasteiger partial charge on any atom is -0.455 e. The van der Waals surface area contributed by atoms with Crippen molar-refractivity contribution < 1.29 is 22.7 Å². The smallest absolute Gasteiger partial charge is 0.313 e. The fourth-order valence-corrected chi connectivity index (χ4v) is 4.31. The van der Waals surface area contributed by atoms with E-state index < -0.39 is 34.2 Å². The predicted molar refractivity (Wildman–Crippen MR) is 85.6 cm³/mol. The van der Waals surface area contributed by atoms with Crippen LogP contribution in [-0.4, -0.2) is 44.4 Å². The number of hydrogen-bond acceptors (Lipinski definition) is 5. The molecule has 1 saturated heterocycles. The SMILES string of the molecule is CC[C@@H](C(=O)OCC(=O)N[C@H]1CCS(=O)(=O)C1)c1ccccc1. The molecule has 1 fully saturated rings. The molecule has 0 spiro atoms. The Morgan fingerprint density at radius 1 is 1.30 bits per heavy atom. The highest BCUT2D eigenvalue weighted by molar-refractivity contribution is 7.91. The minimum atomic E-state index is -3.05. The molecule has 0 unspecified atom stereocenters. The number of benzene rings is 1. The first-order valence-corrected chi connectivity index (χ1v) is 9.45. The van der Waals surface area contributed by atoms with E-state index in [0.717, 1.165) is 5.56 Å². The molecule has 23 heavy (non-hydrogen) atoms. The molecule has 1 aliphatic heterocycles. The van der Waals surface area contributed by atoms with Gasteiger partial charge in [0.1, 0.15) is 0 Å². The lowest BCUT2D eigenvalue weighted by atomic mass is 9.97. The van der Waals surface area contributed by atoms with Gasteiger partial charge in [-0.15, -0.1) is 0 Å². The summed E-state index contributed by atoms with van der Waals surface area (Å²) in [6.07, 6.45) is 0.981. The van der Waals surface area contributed by atoms with E-state index in [1.165, 1.54) is 0 Å². The highest BCUT2D eigenvalue weighted by Gasteiger charge is 2.29. The molecule has 1 aromatic carbocycles. The maximum Gasteiger partial charge on any atom is 0.313 e. The first kappa shape index (κ1) is 17.5. The number of nitrogens with one attached hydrogen (secondary N) is 1. The van der Waals surface area contributed by atoms with Crippen LogP contribution in [0.1, 0.15) is 31.2 Å². The van der Waals surface area contributed by atoms with E-state index in [-0.39, 0.29) is 17.5 Å². The van der Waals surface area contributed by atoms with E-state index in [1.807, 2.05) is 37.3 Å². The van der Waals surface area contributed by atoms with E-state index in [4.69, 9.17) is 4.74 Å². The second-order valence-electron chi connectivity index (χ2n) is 5.65. The van der Waals surface area contributed by atoms with Gasteiger partial charge in [0.15, 0.2) is 16.4 Å². The second kappa shape index (κ2) is 7.59. The number of carbonyl (C=O) groups is 2. The Morgan fingerprint density at radius 2 is 2.00 bits per heavy atom. The number of carbonyl (C=O) groups excluding carboxylic acids is 2. The fraction of sp³-hybridized carbons (Fsp3) is 0.500. The van der Waals surface area contributed by atoms with Gasteiger partial charge in [-0.1, -0.05) is 37.3 Å². The van der Waals surface area contributed by atoms with Crippen LogP contribution in [0.3, 0.4) is 0 Å². The average Bonchev–Trinajstić information content (AvgIpc) is 2.86. The fourth-order valence-electron chi connectivity index (χ4n) is 2.64. The van der Waals surface area contributed by atoms with Gasteiger partial charge in [-0.05, 0) is 18.4 Å². The van der Waals surface area contributed by atoms with Gasteiger partial charge in [-0.25, -0.2) is 8.42 Å². The van der Waals surface area contributed by atoms with Crippen molar-refractivity contribution in [1.29, 1.82) is 0 Å². The normalized spacial score (nSPS) is 20.7. The standard InChI is InChI=1S/C16H21NO5S/c1-2-14(12-6-4-3-5-7-12)16(19)22-10-15(18)17-13-8-9-23(20,21)11-13/h3-7,13-14H,2,8-11H2,1H3,(H,17,18)/t13-,14+/m0/s1. The molecule has 2 atom stereocenters. The van der Waals surface area contributed by atoms with Crippen molar-refractivity contribution >= 4 is 21.7 Å². The lowest BCUT2D eigenvalue weighted by Gasteiger charge is -2.15. The van der Waals surface area contributed by atoms with Crippen LogP contribution in [0, 0.1) is 0 Å². The molecule has 0 aliphatic carbocycles. The first-order chi connectivity index (χ1) is 10.9. The molecule has 126 valence electrons. The van der Waals surface area contributed by atoms with Crippen LogP contribution in [0.25, 0.3) is 0 Å². The third-order valence-electron chi connectivity index (χ3n) is 3.84. The van der Waals surface area contributed by atoms with E-state index >= 15 is 0 Å². The van der Waals surface area contributed by atoms with E-state index in [0.29, 0.717) is 12.8 Å². The van der Waals surface area contributed by atoms with Gasteiger partial charge in [0.05, 0.1) is 17.4 Å². The van der Waals surface area contributed by atoms with Crippen LogP contribution in [0.15, 0.2) is 30.3 Å². The van der Waals surface area contributed by atoms with E-state index in [2.05, 4.69) is 5.32 Å². The summed E-state index contributed by atoms with van der Waals surface area (Å²) in [5, 5.41) is 2.59. The molecule has 1 amide bonds. The number of sulfone groups is 1. The highest BCUT2D eigenvalue weighted by atomic mass is 32.2. The summed E-state index contributed by atoms with van der Waals surface area (Å²) in [6.45, 7) is 1.49. The van der Waals surface area contributed by atoms with Crippen LogP contribution in [0.4, 0.5) is 0 Å². The predicted octanol–water partition coefficient (Wildman–Crippen LogP) is 1.03. The van der Waals surface area contributed by atoms with Crippen molar-refractivity contribution in [3.63, 3.8) is 0 Å². The van der Waals surface area contributed by atoms with Gasteiger partial charge < -0.3 is 10.1 Å². The zero-order chi connectivity index (χ0) is 16.9. The largest absolute Gasteiger partial charge is 0.455 e. The molecule has 1 heterocycles. The van der Waals surface area contributed by atoms with Crippen molar-refractivity contribution in [3.8, 4) is 0 Å². The van der Waals surface area contributed by atoms with Gasteiger partial charge in [-0.2, -0.15) is 0 Å². The van der Waals surface area contributed by atoms with Crippen molar-refractivity contribution in [2.24, 2.45) is 0 Å². The van der Waals surface area contributed by atoms with Crippen molar-refractivity contribution in [2.45, 2.75) is 31.7 Å². The van der Waals surface area contributed by atoms with Crippen molar-refractivity contribution in [2.75, 3.05) is 18.1 Å². The van der Waals surface area contributed by atoms with Crippen LogP contribution >= 0.6 is 0 Å². The third-order valence-corrected chi connectivity index (χ3v) is 5.61. The Kier molecular flexibility index (Phi) is 5.76. The lowest BCUT2D eigenvalue weighted by Crippen LogP contribution is -2.38. The van der Waals surface area contributed by atoms with Crippen molar-refractivity contribution in [1.82, 2.24) is 5.32 Å². The topological polar surface area (TPSA) is 89.5 Å². The number of rotatable bonds is 6. The van der Waals surface area contributed by atoms with Crippen LogP contribution in [0.2, 0.25) is 0 Å². The van der Waals surface area contributed by atoms with Crippen molar-refractivity contribution in [3.05, 3.63) is 35.9 Å². The average molecular weight is 339 g/mol. The maximum atomic E-state index is 12.1. The van der Waals surface area contributed by atoms with Gasteiger partial charge >= 0.3 is 5.97 Å². The number of esters is 1. The Bertz CT molecular complexity index is 656. The molecule has 0 bridgehead atoms. The number of hydrogen-bond donors (Lipinski definition) is 1. The minimum absolute atomic E-state index is 0.0473. The molecular weight excluding hydrogens is 318 g/mol. The molecule has 1 aliphatic rings. The maximum absolute atomic E-state index is 12.1. The Labute approximate surface area is 136 Å². The van der Waals surface area contributed by atoms with Crippen LogP contribution < -0.4 is 5.32 Å². The second-order valence-corrected chi connectivity index (χ2v) is 7.88. The Hall–Kier alpha value is -1.89. The summed E-state index contributed by atoms with van der Waals surface area (Å²) >= 11 is 0. The molecule has 0 saturated carbocycles. The molecular formula is C16H21NO5S. The third kappa shape index (κ3) is 5.06. The van der Waals surface area contributed by atoms with E-state index in [9.17, 15) is 18.0 Å². The van der Waals surface area contributed by atoms with Crippen LogP contribution in [0.5, 0.6) is 0 Å². The molecule has 1 aromatic rings. The molecule has 0 radical (unpaired) electrons. The summed E-state index contributed by atoms with van der Waals surface area (Å²) in [4.78, 5) is 23.9. The number of ether oxygens (including phenoxy) is 1. The van der Waals surface area contributed by atoms with Crippen LogP contribution in [-0.2, 0) is 24.2 Å². The molecule has 2 rings (SSSR count). The number of amides is 1. The molecule has 0 aromatic heterocycles. The first-order valence-electron chi connectivity index (χ1n) is 7.62. The summed E-state index contributed by atoms with van der Waals surface area (Å²) in [7, 11) is -3.05. The van der Waals surface area contributed by atoms with E-state index in [1.54, 1.807) is 0 Å².